The van der Waals surface area contributed by atoms with Crippen molar-refractivity contribution in [2.45, 2.75) is 32.4 Å². The highest BCUT2D eigenvalue weighted by molar-refractivity contribution is 6.33. The summed E-state index contributed by atoms with van der Waals surface area (Å²) < 4.78 is 0. The maximum absolute atomic E-state index is 12.3. The molecule has 2 aromatic rings. The summed E-state index contributed by atoms with van der Waals surface area (Å²) in [6.45, 7) is 5.48. The van der Waals surface area contributed by atoms with Crippen molar-refractivity contribution in [1.82, 2.24) is 5.32 Å². The Hall–Kier alpha value is -2.60. The van der Waals surface area contributed by atoms with E-state index in [0.717, 1.165) is 11.1 Å². The van der Waals surface area contributed by atoms with Crippen LogP contribution in [0.25, 0.3) is 0 Å². The zero-order chi connectivity index (χ0) is 18.6. The molecule has 0 heterocycles. The molecule has 0 aliphatic rings. The molecule has 1 atom stereocenters. The lowest BCUT2D eigenvalue weighted by Gasteiger charge is -2.27. The van der Waals surface area contributed by atoms with Gasteiger partial charge >= 0.3 is 6.03 Å². The molecule has 0 bridgehead atoms. The predicted octanol–water partition coefficient (Wildman–Crippen LogP) is 4.81. The minimum absolute atomic E-state index is 0.376. The summed E-state index contributed by atoms with van der Waals surface area (Å²) >= 11 is 5.87. The molecule has 6 nitrogen and oxygen atoms in total. The number of benzene rings is 2. The van der Waals surface area contributed by atoms with Gasteiger partial charge in [-0.15, -0.1) is 0 Å². The molecule has 0 aliphatic heterocycles. The van der Waals surface area contributed by atoms with Crippen LogP contribution in [0.3, 0.4) is 0 Å². The Morgan fingerprint density at radius 3 is 2.60 bits per heavy atom. The van der Waals surface area contributed by atoms with Crippen LogP contribution in [0, 0.1) is 4.91 Å². The lowest BCUT2D eigenvalue weighted by atomic mass is 9.92. The van der Waals surface area contributed by atoms with Gasteiger partial charge in [0.25, 0.3) is 0 Å². The molecule has 2 rings (SSSR count). The molecule has 132 valence electrons. The van der Waals surface area contributed by atoms with E-state index in [4.69, 9.17) is 17.3 Å². The summed E-state index contributed by atoms with van der Waals surface area (Å²) in [5, 5.41) is 9.11. The zero-order valence-corrected chi connectivity index (χ0v) is 15.1. The minimum Gasteiger partial charge on any atom is -0.397 e. The Labute approximate surface area is 151 Å². The highest BCUT2D eigenvalue weighted by Gasteiger charge is 2.24. The van der Waals surface area contributed by atoms with Gasteiger partial charge < -0.3 is 16.4 Å². The van der Waals surface area contributed by atoms with Crippen molar-refractivity contribution in [1.29, 1.82) is 0 Å². The molecule has 0 fully saturated rings. The van der Waals surface area contributed by atoms with Crippen LogP contribution in [0.15, 0.2) is 47.6 Å². The first kappa shape index (κ1) is 18.7. The molecule has 2 aromatic carbocycles. The van der Waals surface area contributed by atoms with E-state index in [2.05, 4.69) is 15.8 Å². The molecule has 0 saturated carbocycles. The molecule has 25 heavy (non-hydrogen) atoms. The van der Waals surface area contributed by atoms with E-state index in [0.29, 0.717) is 16.4 Å². The number of hydrogen-bond donors (Lipinski definition) is 3. The second kappa shape index (κ2) is 7.53. The number of nitrogens with zero attached hydrogens (tertiary/aromatic N) is 1. The second-order valence-electron chi connectivity index (χ2n) is 6.35. The first-order chi connectivity index (χ1) is 11.7. The molecule has 2 amide bonds. The molecule has 0 radical (unpaired) electrons. The van der Waals surface area contributed by atoms with Crippen LogP contribution in [0.1, 0.15) is 37.9 Å². The van der Waals surface area contributed by atoms with E-state index in [1.54, 1.807) is 25.1 Å². The Kier molecular flexibility index (Phi) is 5.64. The SMILES string of the molecule is CC(N=O)c1cccc(C(C)(C)NC(=O)Nc2ccc(Cl)c(N)c2)c1. The van der Waals surface area contributed by atoms with Gasteiger partial charge in [0.1, 0.15) is 6.04 Å². The molecule has 4 N–H and O–H groups in total. The molecular weight excluding hydrogens is 340 g/mol. The van der Waals surface area contributed by atoms with Crippen LogP contribution in [-0.4, -0.2) is 6.03 Å². The number of rotatable bonds is 5. The van der Waals surface area contributed by atoms with Crippen LogP contribution < -0.4 is 16.4 Å². The number of hydrogen-bond acceptors (Lipinski definition) is 4. The third-order valence-electron chi connectivity index (χ3n) is 3.93. The minimum atomic E-state index is -0.652. The summed E-state index contributed by atoms with van der Waals surface area (Å²) in [5.74, 6) is 0. The smallest absolute Gasteiger partial charge is 0.319 e. The molecule has 1 unspecified atom stereocenters. The van der Waals surface area contributed by atoms with Crippen LogP contribution in [0.2, 0.25) is 5.02 Å². The third-order valence-corrected chi connectivity index (χ3v) is 4.27. The van der Waals surface area contributed by atoms with Gasteiger partial charge in [0.05, 0.1) is 16.2 Å². The monoisotopic (exact) mass is 360 g/mol. The average Bonchev–Trinajstić information content (AvgIpc) is 2.57. The number of halogens is 1. The van der Waals surface area contributed by atoms with E-state index in [1.165, 1.54) is 0 Å². The fraction of sp³-hybridized carbons (Fsp3) is 0.278. The van der Waals surface area contributed by atoms with Crippen molar-refractivity contribution in [3.05, 3.63) is 63.5 Å². The molecule has 0 spiro atoms. The van der Waals surface area contributed by atoms with Crippen molar-refractivity contribution < 1.29 is 4.79 Å². The molecule has 0 aromatic heterocycles. The number of carbonyl (C=O) groups excluding carboxylic acids is 1. The molecule has 0 saturated heterocycles. The van der Waals surface area contributed by atoms with Crippen molar-refractivity contribution in [2.75, 3.05) is 11.1 Å². The van der Waals surface area contributed by atoms with Crippen LogP contribution >= 0.6 is 11.6 Å². The zero-order valence-electron chi connectivity index (χ0n) is 14.3. The largest absolute Gasteiger partial charge is 0.397 e. The number of amides is 2. The Morgan fingerprint density at radius 1 is 1.24 bits per heavy atom. The number of nitrogens with one attached hydrogen (secondary N) is 2. The quantitative estimate of drug-likeness (QED) is 0.527. The van der Waals surface area contributed by atoms with Crippen LogP contribution in [-0.2, 0) is 5.54 Å². The Balaban J connectivity index is 2.13. The van der Waals surface area contributed by atoms with E-state index in [1.807, 2.05) is 38.1 Å². The van der Waals surface area contributed by atoms with Gasteiger partial charge in [0.15, 0.2) is 0 Å². The van der Waals surface area contributed by atoms with Crippen molar-refractivity contribution in [3.8, 4) is 0 Å². The molecular formula is C18H21ClN4O2. The first-order valence-corrected chi connectivity index (χ1v) is 8.18. The number of anilines is 2. The lowest BCUT2D eigenvalue weighted by Crippen LogP contribution is -2.43. The highest BCUT2D eigenvalue weighted by atomic mass is 35.5. The number of nitroso groups, excluding NO2 is 1. The van der Waals surface area contributed by atoms with Crippen molar-refractivity contribution in [2.24, 2.45) is 5.18 Å². The van der Waals surface area contributed by atoms with Gasteiger partial charge in [-0.05, 0) is 50.1 Å². The first-order valence-electron chi connectivity index (χ1n) is 7.80. The van der Waals surface area contributed by atoms with Crippen LogP contribution in [0.4, 0.5) is 16.2 Å². The number of carbonyl (C=O) groups is 1. The normalized spacial score (nSPS) is 12.3. The van der Waals surface area contributed by atoms with Crippen molar-refractivity contribution >= 4 is 29.0 Å². The van der Waals surface area contributed by atoms with Gasteiger partial charge in [0.2, 0.25) is 0 Å². The fourth-order valence-corrected chi connectivity index (χ4v) is 2.51. The van der Waals surface area contributed by atoms with Gasteiger partial charge in [0, 0.05) is 5.69 Å². The highest BCUT2D eigenvalue weighted by Crippen LogP contribution is 2.26. The van der Waals surface area contributed by atoms with E-state index >= 15 is 0 Å². The standard InChI is InChI=1S/C18H21ClN4O2/c1-11(23-25)12-5-4-6-13(9-12)18(2,3)22-17(24)21-14-7-8-15(19)16(20)10-14/h4-11H,20H2,1-3H3,(H2,21,22,24). The fourth-order valence-electron chi connectivity index (χ4n) is 2.39. The Morgan fingerprint density at radius 2 is 1.96 bits per heavy atom. The third kappa shape index (κ3) is 4.70. The van der Waals surface area contributed by atoms with Crippen molar-refractivity contribution in [3.63, 3.8) is 0 Å². The van der Waals surface area contributed by atoms with Gasteiger partial charge in [-0.2, -0.15) is 4.91 Å². The average molecular weight is 361 g/mol. The predicted molar refractivity (Wildman–Crippen MR) is 102 cm³/mol. The van der Waals surface area contributed by atoms with Crippen LogP contribution in [0.5, 0.6) is 0 Å². The van der Waals surface area contributed by atoms with E-state index < -0.39 is 11.6 Å². The van der Waals surface area contributed by atoms with E-state index in [-0.39, 0.29) is 6.03 Å². The Bertz CT molecular complexity index is 792. The number of urea groups is 1. The molecule has 7 heteroatoms. The number of nitrogen functional groups attached to an aromatic ring is 1. The summed E-state index contributed by atoms with van der Waals surface area (Å²) in [6.07, 6.45) is 0. The number of nitrogens with two attached hydrogens (primary N) is 1. The molecule has 0 aliphatic carbocycles. The lowest BCUT2D eigenvalue weighted by molar-refractivity contribution is 0.242. The maximum Gasteiger partial charge on any atom is 0.319 e. The summed E-state index contributed by atoms with van der Waals surface area (Å²) in [6, 6.07) is 11.5. The summed E-state index contributed by atoms with van der Waals surface area (Å²) in [5.41, 5.74) is 7.68. The van der Waals surface area contributed by atoms with Gasteiger partial charge in [-0.1, -0.05) is 41.0 Å². The summed E-state index contributed by atoms with van der Waals surface area (Å²) in [7, 11) is 0. The van der Waals surface area contributed by atoms with E-state index in [9.17, 15) is 9.70 Å². The topological polar surface area (TPSA) is 96.6 Å². The maximum atomic E-state index is 12.3. The summed E-state index contributed by atoms with van der Waals surface area (Å²) in [4.78, 5) is 23.1. The second-order valence-corrected chi connectivity index (χ2v) is 6.75. The van der Waals surface area contributed by atoms with Gasteiger partial charge in [-0.25, -0.2) is 4.79 Å². The van der Waals surface area contributed by atoms with Gasteiger partial charge in [-0.3, -0.25) is 0 Å².